The predicted molar refractivity (Wildman–Crippen MR) is 53.4 cm³/mol. The Hall–Kier alpha value is 0.470. The highest BCUT2D eigenvalue weighted by Crippen LogP contribution is 2.26. The molecule has 0 bridgehead atoms. The van der Waals surface area contributed by atoms with Gasteiger partial charge in [0.2, 0.25) is 0 Å². The molecule has 1 saturated carbocycles. The van der Waals surface area contributed by atoms with Crippen LogP contribution < -0.4 is 0 Å². The molecule has 0 spiro atoms. The van der Waals surface area contributed by atoms with Crippen LogP contribution in [0.15, 0.2) is 11.6 Å². The molecule has 0 heterocycles. The molecule has 3 heteroatoms. The first-order chi connectivity index (χ1) is 5.38. The molecule has 11 heavy (non-hydrogen) atoms. The number of halogens is 2. The van der Waals surface area contributed by atoms with Crippen molar-refractivity contribution in [2.24, 2.45) is 0 Å². The zero-order valence-corrected chi connectivity index (χ0v) is 8.81. The van der Waals surface area contributed by atoms with Crippen molar-refractivity contribution in [1.29, 1.82) is 0 Å². The largest absolute Gasteiger partial charge is 0.296 e. The molecule has 0 amide bonds. The summed E-state index contributed by atoms with van der Waals surface area (Å²) in [7, 11) is 0. The molecule has 0 aromatic rings. The highest BCUT2D eigenvalue weighted by atomic mass is 79.9. The van der Waals surface area contributed by atoms with E-state index in [4.69, 9.17) is 11.6 Å². The summed E-state index contributed by atoms with van der Waals surface area (Å²) in [5.74, 6) is 0. The average Bonchev–Trinajstić information content (AvgIpc) is 2.80. The van der Waals surface area contributed by atoms with Gasteiger partial charge in [0.05, 0.1) is 0 Å². The Balaban J connectivity index is 2.20. The van der Waals surface area contributed by atoms with Crippen LogP contribution in [0.3, 0.4) is 0 Å². The summed E-state index contributed by atoms with van der Waals surface area (Å²) in [5.41, 5.74) is 1.60. The van der Waals surface area contributed by atoms with E-state index in [0.717, 1.165) is 24.5 Å². The predicted octanol–water partition coefficient (Wildman–Crippen LogP) is 2.60. The second kappa shape index (κ2) is 5.18. The van der Waals surface area contributed by atoms with Gasteiger partial charge in [-0.25, -0.2) is 0 Å². The third-order valence-corrected chi connectivity index (χ3v) is 2.40. The monoisotopic (exact) mass is 237 g/mol. The summed E-state index contributed by atoms with van der Waals surface area (Å²) < 4.78 is 0. The maximum Gasteiger partial charge on any atom is 0.0178 e. The van der Waals surface area contributed by atoms with Crippen LogP contribution in [0.25, 0.3) is 0 Å². The van der Waals surface area contributed by atoms with E-state index in [0.29, 0.717) is 0 Å². The van der Waals surface area contributed by atoms with E-state index in [-0.39, 0.29) is 0 Å². The fraction of sp³-hybridized carbons (Fsp3) is 0.750. The Kier molecular flexibility index (Phi) is 4.50. The van der Waals surface area contributed by atoms with E-state index in [2.05, 4.69) is 20.8 Å². The molecule has 0 atom stereocenters. The molecular formula is C8H13BrClN. The number of nitrogens with zero attached hydrogens (tertiary/aromatic N) is 1. The second-order valence-electron chi connectivity index (χ2n) is 2.78. The van der Waals surface area contributed by atoms with Gasteiger partial charge in [-0.1, -0.05) is 33.6 Å². The van der Waals surface area contributed by atoms with Crippen LogP contribution in [0.2, 0.25) is 0 Å². The maximum atomic E-state index is 5.45. The Bertz CT molecular complexity index is 134. The standard InChI is InChI=1S/C8H13BrClN/c9-4-7-11(6-1-5-10)8-2-3-8/h1,5,8H,2-4,6-7H2/b5-1+. The van der Waals surface area contributed by atoms with Gasteiger partial charge in [-0.15, -0.1) is 0 Å². The van der Waals surface area contributed by atoms with Crippen LogP contribution in [0, 0.1) is 0 Å². The first kappa shape index (κ1) is 9.56. The van der Waals surface area contributed by atoms with Crippen LogP contribution in [-0.4, -0.2) is 29.4 Å². The first-order valence-electron chi connectivity index (χ1n) is 3.93. The molecule has 0 radical (unpaired) electrons. The molecule has 0 unspecified atom stereocenters. The topological polar surface area (TPSA) is 3.24 Å². The molecule has 0 N–H and O–H groups in total. The van der Waals surface area contributed by atoms with Gasteiger partial charge in [-0.05, 0) is 12.8 Å². The molecule has 64 valence electrons. The average molecular weight is 239 g/mol. The van der Waals surface area contributed by atoms with Crippen molar-refractivity contribution in [3.05, 3.63) is 11.6 Å². The fourth-order valence-corrected chi connectivity index (χ4v) is 1.68. The van der Waals surface area contributed by atoms with Gasteiger partial charge in [0, 0.05) is 30.0 Å². The van der Waals surface area contributed by atoms with Crippen LogP contribution in [0.4, 0.5) is 0 Å². The summed E-state index contributed by atoms with van der Waals surface area (Å²) in [6.07, 6.45) is 4.73. The van der Waals surface area contributed by atoms with Gasteiger partial charge in [-0.3, -0.25) is 4.90 Å². The fourth-order valence-electron chi connectivity index (χ4n) is 1.15. The lowest BCUT2D eigenvalue weighted by atomic mass is 10.4. The SMILES string of the molecule is Cl/C=C/CN(CCBr)C1CC1. The highest BCUT2D eigenvalue weighted by Gasteiger charge is 2.27. The van der Waals surface area contributed by atoms with Crippen molar-refractivity contribution < 1.29 is 0 Å². The molecule has 0 saturated heterocycles. The van der Waals surface area contributed by atoms with Crippen molar-refractivity contribution in [3.8, 4) is 0 Å². The molecule has 0 aromatic heterocycles. The smallest absolute Gasteiger partial charge is 0.0178 e. The van der Waals surface area contributed by atoms with E-state index in [1.54, 1.807) is 5.54 Å². The van der Waals surface area contributed by atoms with E-state index in [9.17, 15) is 0 Å². The minimum absolute atomic E-state index is 0.834. The molecule has 1 aliphatic rings. The van der Waals surface area contributed by atoms with Gasteiger partial charge in [0.15, 0.2) is 0 Å². The molecular weight excluding hydrogens is 225 g/mol. The maximum absolute atomic E-state index is 5.45. The van der Waals surface area contributed by atoms with Crippen LogP contribution in [0.5, 0.6) is 0 Å². The number of alkyl halides is 1. The second-order valence-corrected chi connectivity index (χ2v) is 3.82. The van der Waals surface area contributed by atoms with Gasteiger partial charge in [-0.2, -0.15) is 0 Å². The molecule has 0 aliphatic heterocycles. The van der Waals surface area contributed by atoms with Crippen LogP contribution in [-0.2, 0) is 0 Å². The van der Waals surface area contributed by atoms with Crippen molar-refractivity contribution in [2.75, 3.05) is 18.4 Å². The third kappa shape index (κ3) is 3.59. The van der Waals surface area contributed by atoms with E-state index >= 15 is 0 Å². The minimum Gasteiger partial charge on any atom is -0.296 e. The molecule has 1 rings (SSSR count). The summed E-state index contributed by atoms with van der Waals surface area (Å²) in [5, 5.41) is 1.06. The summed E-state index contributed by atoms with van der Waals surface area (Å²) >= 11 is 8.89. The minimum atomic E-state index is 0.834. The van der Waals surface area contributed by atoms with Gasteiger partial charge < -0.3 is 0 Å². The summed E-state index contributed by atoms with van der Waals surface area (Å²) in [6.45, 7) is 2.13. The Labute approximate surface area is 81.5 Å². The lowest BCUT2D eigenvalue weighted by molar-refractivity contribution is 0.312. The van der Waals surface area contributed by atoms with E-state index in [1.165, 1.54) is 12.8 Å². The van der Waals surface area contributed by atoms with Gasteiger partial charge in [0.25, 0.3) is 0 Å². The number of hydrogen-bond acceptors (Lipinski definition) is 1. The van der Waals surface area contributed by atoms with Crippen LogP contribution in [0.1, 0.15) is 12.8 Å². The summed E-state index contributed by atoms with van der Waals surface area (Å²) in [6, 6.07) is 0.834. The Morgan fingerprint density at radius 1 is 1.55 bits per heavy atom. The lowest BCUT2D eigenvalue weighted by Gasteiger charge is -2.17. The van der Waals surface area contributed by atoms with E-state index < -0.39 is 0 Å². The van der Waals surface area contributed by atoms with E-state index in [1.807, 2.05) is 6.08 Å². The van der Waals surface area contributed by atoms with Gasteiger partial charge >= 0.3 is 0 Å². The Morgan fingerprint density at radius 2 is 2.27 bits per heavy atom. The molecule has 1 nitrogen and oxygen atoms in total. The Morgan fingerprint density at radius 3 is 2.73 bits per heavy atom. The zero-order valence-electron chi connectivity index (χ0n) is 6.47. The van der Waals surface area contributed by atoms with Crippen LogP contribution >= 0.6 is 27.5 Å². The van der Waals surface area contributed by atoms with Crippen molar-refractivity contribution in [1.82, 2.24) is 4.90 Å². The molecule has 0 aromatic carbocycles. The molecule has 1 aliphatic carbocycles. The van der Waals surface area contributed by atoms with Crippen molar-refractivity contribution in [2.45, 2.75) is 18.9 Å². The third-order valence-electron chi connectivity index (χ3n) is 1.86. The van der Waals surface area contributed by atoms with Crippen molar-refractivity contribution >= 4 is 27.5 Å². The van der Waals surface area contributed by atoms with Gasteiger partial charge in [0.1, 0.15) is 0 Å². The zero-order chi connectivity index (χ0) is 8.10. The highest BCUT2D eigenvalue weighted by molar-refractivity contribution is 9.09. The first-order valence-corrected chi connectivity index (χ1v) is 5.49. The molecule has 1 fully saturated rings. The summed E-state index contributed by atoms with van der Waals surface area (Å²) in [4.78, 5) is 2.45. The van der Waals surface area contributed by atoms with Crippen molar-refractivity contribution in [3.63, 3.8) is 0 Å². The number of hydrogen-bond donors (Lipinski definition) is 0. The quantitative estimate of drug-likeness (QED) is 0.666. The normalized spacial score (nSPS) is 18.5. The number of rotatable bonds is 5. The lowest BCUT2D eigenvalue weighted by Crippen LogP contribution is -2.27.